The number of nitrogens with one attached hydrogen (secondary N) is 3. The van der Waals surface area contributed by atoms with Crippen molar-refractivity contribution in [2.75, 3.05) is 51.3 Å². The highest BCUT2D eigenvalue weighted by Crippen LogP contribution is 2.47. The van der Waals surface area contributed by atoms with Gasteiger partial charge in [-0.05, 0) is 117 Å². The van der Waals surface area contributed by atoms with E-state index in [1.165, 1.54) is 75.4 Å². The van der Waals surface area contributed by atoms with Gasteiger partial charge in [-0.1, -0.05) is 0 Å². The van der Waals surface area contributed by atoms with Crippen LogP contribution in [0.4, 0.5) is 62.6 Å². The van der Waals surface area contributed by atoms with E-state index in [1.807, 2.05) is 6.07 Å². The van der Waals surface area contributed by atoms with E-state index >= 15 is 0 Å². The van der Waals surface area contributed by atoms with E-state index in [0.29, 0.717) is 0 Å². The highest BCUT2D eigenvalue weighted by molar-refractivity contribution is 7.99. The molecular formula is C53H54N14O20S7. The molecule has 34 nitrogen and oxygen atoms in total. The van der Waals surface area contributed by atoms with Gasteiger partial charge in [0.2, 0.25) is 23.6 Å². The summed E-state index contributed by atoms with van der Waals surface area (Å²) in [5.41, 5.74) is -1.34. The van der Waals surface area contributed by atoms with Crippen LogP contribution in [0.5, 0.6) is 11.6 Å². The van der Waals surface area contributed by atoms with Crippen molar-refractivity contribution in [3.8, 4) is 17.7 Å². The molecule has 0 spiro atoms. The maximum atomic E-state index is 12.9. The Kier molecular flexibility index (Phi) is 23.2. The van der Waals surface area contributed by atoms with Gasteiger partial charge in [0.15, 0.2) is 11.3 Å². The summed E-state index contributed by atoms with van der Waals surface area (Å²) < 4.78 is 173. The molecule has 3 amide bonds. The number of azo groups is 4. The number of ether oxygens (including phenoxy) is 1. The van der Waals surface area contributed by atoms with Crippen molar-refractivity contribution in [3.63, 3.8) is 0 Å². The highest BCUT2D eigenvalue weighted by Gasteiger charge is 2.26. The molecule has 0 aliphatic carbocycles. The van der Waals surface area contributed by atoms with Crippen molar-refractivity contribution in [1.82, 2.24) is 9.38 Å². The van der Waals surface area contributed by atoms with Gasteiger partial charge in [-0.25, -0.2) is 4.98 Å². The normalized spacial score (nSPS) is 12.6. The molecule has 5 aromatic carbocycles. The summed E-state index contributed by atoms with van der Waals surface area (Å²) in [5, 5.41) is 64.6. The lowest BCUT2D eigenvalue weighted by Crippen LogP contribution is -2.09. The molecule has 0 aliphatic rings. The Balaban J connectivity index is 1.38. The van der Waals surface area contributed by atoms with E-state index in [2.05, 4.69) is 61.8 Å². The molecule has 0 saturated heterocycles. The lowest BCUT2D eigenvalue weighted by Gasteiger charge is -2.14. The van der Waals surface area contributed by atoms with Crippen molar-refractivity contribution < 1.29 is 89.1 Å². The molecule has 94 heavy (non-hydrogen) atoms. The minimum absolute atomic E-state index is 0.000129. The molecule has 0 atom stereocenters. The molecule has 0 fully saturated rings. The van der Waals surface area contributed by atoms with Crippen LogP contribution in [0.3, 0.4) is 0 Å². The number of aromatic hydroxyl groups is 1. The highest BCUT2D eigenvalue weighted by atomic mass is 32.2. The van der Waals surface area contributed by atoms with Crippen molar-refractivity contribution in [2.45, 2.75) is 73.5 Å². The van der Waals surface area contributed by atoms with Gasteiger partial charge in [-0.2, -0.15) is 52.5 Å². The average molecular weight is 1430 g/mol. The van der Waals surface area contributed by atoms with E-state index in [-0.39, 0.29) is 142 Å². The number of nitrogens with zero attached hydrogens (tertiary/aromatic N) is 11. The Morgan fingerprint density at radius 3 is 1.47 bits per heavy atom. The third kappa shape index (κ3) is 19.9. The first-order chi connectivity index (χ1) is 43.9. The topological polar surface area (TPSA) is 529 Å². The molecule has 0 unspecified atom stereocenters. The first-order valence-corrected chi connectivity index (χ1v) is 36.5. The number of hydrogen-bond donors (Lipinski definition) is 9. The van der Waals surface area contributed by atoms with E-state index < -0.39 is 108 Å². The van der Waals surface area contributed by atoms with Gasteiger partial charge in [0.25, 0.3) is 50.6 Å². The lowest BCUT2D eigenvalue weighted by molar-refractivity contribution is -0.115. The molecule has 0 saturated carbocycles. The van der Waals surface area contributed by atoms with Crippen LogP contribution in [0.15, 0.2) is 133 Å². The van der Waals surface area contributed by atoms with Crippen LogP contribution in [0, 0.1) is 25.2 Å². The fourth-order valence-electron chi connectivity index (χ4n) is 8.53. The molecular weight excluding hydrogens is 1380 g/mol. The first-order valence-electron chi connectivity index (χ1n) is 26.8. The summed E-state index contributed by atoms with van der Waals surface area (Å²) in [5.74, 6) is -4.94. The van der Waals surface area contributed by atoms with Gasteiger partial charge in [-0.3, -0.25) is 41.5 Å². The van der Waals surface area contributed by atoms with Gasteiger partial charge in [0.05, 0.1) is 67.4 Å². The van der Waals surface area contributed by atoms with E-state index in [0.717, 1.165) is 60.0 Å². The lowest BCUT2D eigenvalue weighted by atomic mass is 10.1. The van der Waals surface area contributed by atoms with Gasteiger partial charge < -0.3 is 25.8 Å². The molecule has 7 rings (SSSR count). The quantitative estimate of drug-likeness (QED) is 0.00952. The number of hydrogen-bond acceptors (Lipinski definition) is 27. The number of carbonyl (C=O) groups excluding carboxylic acids is 3. The number of thioether (sulfide) groups is 2. The van der Waals surface area contributed by atoms with Crippen LogP contribution < -0.4 is 20.7 Å². The second kappa shape index (κ2) is 30.1. The summed E-state index contributed by atoms with van der Waals surface area (Å²) in [6.07, 6.45) is -0.517. The number of rotatable bonds is 28. The number of aryl methyl sites for hydroxylation is 1. The maximum Gasteiger partial charge on any atom is 0.294 e. The molecule has 0 radical (unpaired) electrons. The van der Waals surface area contributed by atoms with Crippen LogP contribution in [0.1, 0.15) is 56.7 Å². The SMILES string of the molecule is CC(=O)Nc1cc(N=Nc2cc(SCCCS(=O)(=O)O)c(N=Nc3cc(OCCCS(=O)(=O)O)c(N=Nc4c(C)c(C#N)c5nc6ccc(S(=O)(=O)O)c(C)c6n5c4O)cc3NC(C)=O)cc2NC(C)=O)c(SCCCS(=O)(=O)O)cc1N=Nc1ccc(S(=O)(=O)O)cc1. The predicted molar refractivity (Wildman–Crippen MR) is 344 cm³/mol. The molecule has 9 N–H and O–H groups in total. The summed E-state index contributed by atoms with van der Waals surface area (Å²) >= 11 is 1.98. The minimum atomic E-state index is -4.80. The molecule has 41 heteroatoms. The number of nitriles is 1. The molecule has 2 heterocycles. The first kappa shape index (κ1) is 72.6. The number of anilines is 3. The van der Waals surface area contributed by atoms with Crippen molar-refractivity contribution in [1.29, 1.82) is 5.26 Å². The Morgan fingerprint density at radius 2 is 1.01 bits per heavy atom. The summed E-state index contributed by atoms with van der Waals surface area (Å²) in [7, 11) is -22.7. The smallest absolute Gasteiger partial charge is 0.294 e. The van der Waals surface area contributed by atoms with Crippen LogP contribution in [-0.4, -0.2) is 132 Å². The van der Waals surface area contributed by atoms with Gasteiger partial charge in [0, 0.05) is 42.2 Å². The number of pyridine rings is 1. The third-order valence-corrected chi connectivity index (χ3v) is 19.1. The summed E-state index contributed by atoms with van der Waals surface area (Å²) in [6, 6.07) is 16.7. The fraction of sp³-hybridized carbons (Fsp3) is 0.264. The summed E-state index contributed by atoms with van der Waals surface area (Å²) in [4.78, 5) is 42.2. The van der Waals surface area contributed by atoms with Gasteiger partial charge in [0.1, 0.15) is 51.5 Å². The van der Waals surface area contributed by atoms with Crippen molar-refractivity contribution in [2.24, 2.45) is 40.9 Å². The maximum absolute atomic E-state index is 12.9. The predicted octanol–water partition coefficient (Wildman–Crippen LogP) is 11.1. The van der Waals surface area contributed by atoms with Crippen LogP contribution >= 0.6 is 23.5 Å². The average Bonchev–Trinajstić information content (AvgIpc) is 1.56. The van der Waals surface area contributed by atoms with Gasteiger partial charge in [-0.15, -0.1) is 59.3 Å². The number of benzene rings is 5. The molecule has 0 aliphatic heterocycles. The van der Waals surface area contributed by atoms with Crippen LogP contribution in [0.2, 0.25) is 0 Å². The zero-order chi connectivity index (χ0) is 69.3. The molecule has 2 aromatic heterocycles. The van der Waals surface area contributed by atoms with Crippen molar-refractivity contribution in [3.05, 3.63) is 89.5 Å². The second-order valence-corrected chi connectivity index (χ2v) is 29.7. The molecule has 7 aromatic rings. The van der Waals surface area contributed by atoms with E-state index in [1.54, 1.807) is 0 Å². The number of imidazole rings is 1. The van der Waals surface area contributed by atoms with Gasteiger partial charge >= 0.3 is 0 Å². The zero-order valence-corrected chi connectivity index (χ0v) is 55.2. The third-order valence-electron chi connectivity index (χ3n) is 12.6. The second-order valence-electron chi connectivity index (χ2n) is 19.9. The van der Waals surface area contributed by atoms with Crippen molar-refractivity contribution >= 4 is 171 Å². The Morgan fingerprint density at radius 1 is 0.564 bits per heavy atom. The fourth-order valence-corrected chi connectivity index (χ4v) is 13.5. The largest absolute Gasteiger partial charge is 0.493 e. The standard InChI is InChI=1S/C53H54N14O20S7/c1-28-35(27-54)52-58-36-13-14-49(94(84,85)86)29(2)51(36)67(52)53(71)50(28)66-63-43-21-37(55-30(3)68)40(24-46(43)87-15-6-18-90(72,73)74)61-64-44-23-39(57-32(5)70)42(26-48(44)89-17-8-20-92(78,79)80)62-65-45-22-38(56-31(4)69)41(25-47(45)88-16-7-19-91(75,76)77)60-59-33-9-11-34(12-10-33)93(81,82)83/h9-14,21-26,71H,6-8,15-20H2,1-5H3,(H,55,68)(H,56,69)(H,57,70)(H,72,73,74)(H,75,76,77)(H,78,79,80)(H,81,82,83)(H,84,85,86). The zero-order valence-electron chi connectivity index (χ0n) is 49.5. The van der Waals surface area contributed by atoms with E-state index in [9.17, 15) is 89.6 Å². The number of amides is 3. The Bertz CT molecular complexity index is 4960. The monoisotopic (exact) mass is 1430 g/mol. The van der Waals surface area contributed by atoms with Crippen LogP contribution in [-0.2, 0) is 65.0 Å². The number of aromatic nitrogens is 2. The number of carbonyl (C=O) groups is 3. The summed E-state index contributed by atoms with van der Waals surface area (Å²) in [6.45, 7) is 5.77. The van der Waals surface area contributed by atoms with E-state index in [4.69, 9.17) is 4.74 Å². The molecule has 498 valence electrons. The number of fused-ring (bicyclic) bond motifs is 3. The Labute approximate surface area is 544 Å². The Hall–Kier alpha value is -8.80. The minimum Gasteiger partial charge on any atom is -0.493 e. The molecule has 0 bridgehead atoms. The van der Waals surface area contributed by atoms with Crippen LogP contribution in [0.25, 0.3) is 16.7 Å².